The van der Waals surface area contributed by atoms with Gasteiger partial charge in [-0.15, -0.1) is 0 Å². The molecule has 1 saturated carbocycles. The number of hydrogen-bond donors (Lipinski definition) is 0. The minimum absolute atomic E-state index is 0.0731. The predicted octanol–water partition coefficient (Wildman–Crippen LogP) is 1.90. The molecule has 0 bridgehead atoms. The quantitative estimate of drug-likeness (QED) is 0.633. The highest BCUT2D eigenvalue weighted by atomic mass is 16.6. The van der Waals surface area contributed by atoms with Crippen LogP contribution >= 0.6 is 0 Å². The molecule has 0 N–H and O–H groups in total. The summed E-state index contributed by atoms with van der Waals surface area (Å²) in [6.07, 6.45) is 5.51. The summed E-state index contributed by atoms with van der Waals surface area (Å²) in [7, 11) is 0. The van der Waals surface area contributed by atoms with Gasteiger partial charge in [-0.2, -0.15) is 0 Å². The average Bonchev–Trinajstić information content (AvgIpc) is 2.80. The molecule has 3 heteroatoms. The Hall–Kier alpha value is -0.570. The zero-order chi connectivity index (χ0) is 9.97. The first-order chi connectivity index (χ1) is 6.79. The Balaban J connectivity index is 1.55. The van der Waals surface area contributed by atoms with Crippen LogP contribution in [-0.2, 0) is 14.3 Å². The standard InChI is InChI=1S/C11H18O3/c1-2-3-4-11(12)13-7-9-5-8-6-10(8)14-9/h8-10H,2-7H2,1H3/t8?,9?,10-/m0/s1. The SMILES string of the molecule is CCCCC(=O)OCC1CC2C[C@@H]2O1. The van der Waals surface area contributed by atoms with Crippen molar-refractivity contribution in [1.82, 2.24) is 0 Å². The van der Waals surface area contributed by atoms with Crippen molar-refractivity contribution in [2.45, 2.75) is 51.2 Å². The summed E-state index contributed by atoms with van der Waals surface area (Å²) in [6.45, 7) is 2.54. The van der Waals surface area contributed by atoms with Crippen LogP contribution in [0.1, 0.15) is 39.0 Å². The van der Waals surface area contributed by atoms with Gasteiger partial charge in [-0.1, -0.05) is 13.3 Å². The zero-order valence-electron chi connectivity index (χ0n) is 8.70. The van der Waals surface area contributed by atoms with E-state index in [2.05, 4.69) is 6.92 Å². The maximum absolute atomic E-state index is 11.2. The van der Waals surface area contributed by atoms with Gasteiger partial charge in [0.2, 0.25) is 0 Å². The van der Waals surface area contributed by atoms with E-state index in [9.17, 15) is 4.79 Å². The molecular formula is C11H18O3. The topological polar surface area (TPSA) is 35.5 Å². The molecule has 0 aromatic carbocycles. The van der Waals surface area contributed by atoms with Crippen molar-refractivity contribution < 1.29 is 14.3 Å². The van der Waals surface area contributed by atoms with Crippen LogP contribution in [0.4, 0.5) is 0 Å². The van der Waals surface area contributed by atoms with E-state index in [-0.39, 0.29) is 12.1 Å². The fraction of sp³-hybridized carbons (Fsp3) is 0.909. The summed E-state index contributed by atoms with van der Waals surface area (Å²) < 4.78 is 10.7. The molecular weight excluding hydrogens is 180 g/mol. The van der Waals surface area contributed by atoms with Crippen LogP contribution in [0.2, 0.25) is 0 Å². The van der Waals surface area contributed by atoms with Crippen LogP contribution in [0.5, 0.6) is 0 Å². The Labute approximate surface area is 84.8 Å². The lowest BCUT2D eigenvalue weighted by molar-refractivity contribution is -0.147. The minimum atomic E-state index is -0.0731. The Bertz CT molecular complexity index is 205. The van der Waals surface area contributed by atoms with Crippen molar-refractivity contribution in [2.24, 2.45) is 5.92 Å². The third-order valence-electron chi connectivity index (χ3n) is 2.96. The maximum atomic E-state index is 11.2. The van der Waals surface area contributed by atoms with Crippen LogP contribution in [-0.4, -0.2) is 24.8 Å². The van der Waals surface area contributed by atoms with E-state index in [4.69, 9.17) is 9.47 Å². The van der Waals surface area contributed by atoms with Gasteiger partial charge in [0.25, 0.3) is 0 Å². The van der Waals surface area contributed by atoms with Crippen LogP contribution in [0.3, 0.4) is 0 Å². The molecule has 3 nitrogen and oxygen atoms in total. The van der Waals surface area contributed by atoms with E-state index in [0.29, 0.717) is 19.1 Å². The highest BCUT2D eigenvalue weighted by Crippen LogP contribution is 2.45. The molecule has 1 saturated heterocycles. The first kappa shape index (κ1) is 9.97. The smallest absolute Gasteiger partial charge is 0.305 e. The van der Waals surface area contributed by atoms with Crippen molar-refractivity contribution in [3.63, 3.8) is 0 Å². The number of esters is 1. The first-order valence-electron chi connectivity index (χ1n) is 5.60. The third-order valence-corrected chi connectivity index (χ3v) is 2.96. The van der Waals surface area contributed by atoms with Gasteiger partial charge < -0.3 is 9.47 Å². The maximum Gasteiger partial charge on any atom is 0.305 e. The fourth-order valence-electron chi connectivity index (χ4n) is 1.96. The lowest BCUT2D eigenvalue weighted by Gasteiger charge is -2.12. The largest absolute Gasteiger partial charge is 0.463 e. The van der Waals surface area contributed by atoms with Crippen LogP contribution in [0, 0.1) is 5.92 Å². The fourth-order valence-corrected chi connectivity index (χ4v) is 1.96. The molecule has 1 heterocycles. The number of rotatable bonds is 5. The monoisotopic (exact) mass is 198 g/mol. The van der Waals surface area contributed by atoms with E-state index in [1.54, 1.807) is 0 Å². The molecule has 0 radical (unpaired) electrons. The molecule has 0 amide bonds. The van der Waals surface area contributed by atoms with Gasteiger partial charge in [0.15, 0.2) is 0 Å². The van der Waals surface area contributed by atoms with Crippen molar-refractivity contribution in [1.29, 1.82) is 0 Å². The Morgan fingerprint density at radius 3 is 3.00 bits per heavy atom. The van der Waals surface area contributed by atoms with Crippen LogP contribution in [0.15, 0.2) is 0 Å². The van der Waals surface area contributed by atoms with Gasteiger partial charge in [-0.3, -0.25) is 4.79 Å². The van der Waals surface area contributed by atoms with Gasteiger partial charge in [0, 0.05) is 6.42 Å². The molecule has 1 aliphatic heterocycles. The number of unbranched alkanes of at least 4 members (excludes halogenated alkanes) is 1. The summed E-state index contributed by atoms with van der Waals surface area (Å²) in [6, 6.07) is 0. The van der Waals surface area contributed by atoms with Crippen LogP contribution < -0.4 is 0 Å². The van der Waals surface area contributed by atoms with Gasteiger partial charge in [-0.05, 0) is 25.2 Å². The van der Waals surface area contributed by atoms with Crippen molar-refractivity contribution in [2.75, 3.05) is 6.61 Å². The van der Waals surface area contributed by atoms with E-state index in [0.717, 1.165) is 25.2 Å². The van der Waals surface area contributed by atoms with Gasteiger partial charge in [0.05, 0.1) is 12.2 Å². The minimum Gasteiger partial charge on any atom is -0.463 e. The summed E-state index contributed by atoms with van der Waals surface area (Å²) in [5.74, 6) is 0.699. The molecule has 2 fully saturated rings. The molecule has 0 aromatic rings. The molecule has 14 heavy (non-hydrogen) atoms. The summed E-state index contributed by atoms with van der Waals surface area (Å²) in [5.41, 5.74) is 0. The predicted molar refractivity (Wildman–Crippen MR) is 51.9 cm³/mol. The second-order valence-corrected chi connectivity index (χ2v) is 4.31. The average molecular weight is 198 g/mol. The molecule has 0 spiro atoms. The second kappa shape index (κ2) is 4.30. The molecule has 0 aromatic heterocycles. The number of ether oxygens (including phenoxy) is 2. The lowest BCUT2D eigenvalue weighted by atomic mass is 10.2. The van der Waals surface area contributed by atoms with Crippen molar-refractivity contribution in [3.05, 3.63) is 0 Å². The molecule has 2 rings (SSSR count). The second-order valence-electron chi connectivity index (χ2n) is 4.31. The Morgan fingerprint density at radius 2 is 2.36 bits per heavy atom. The number of hydrogen-bond acceptors (Lipinski definition) is 3. The first-order valence-corrected chi connectivity index (χ1v) is 5.60. The van der Waals surface area contributed by atoms with Crippen LogP contribution in [0.25, 0.3) is 0 Å². The summed E-state index contributed by atoms with van der Waals surface area (Å²) >= 11 is 0. The molecule has 2 aliphatic rings. The van der Waals surface area contributed by atoms with Gasteiger partial charge >= 0.3 is 5.97 Å². The van der Waals surface area contributed by atoms with E-state index in [1.165, 1.54) is 6.42 Å². The van der Waals surface area contributed by atoms with Gasteiger partial charge in [0.1, 0.15) is 6.61 Å². The van der Waals surface area contributed by atoms with Crippen molar-refractivity contribution >= 4 is 5.97 Å². The number of carbonyl (C=O) groups excluding carboxylic acids is 1. The molecule has 3 atom stereocenters. The Kier molecular flexibility index (Phi) is 3.06. The summed E-state index contributed by atoms with van der Waals surface area (Å²) in [4.78, 5) is 11.2. The van der Waals surface area contributed by atoms with E-state index in [1.807, 2.05) is 0 Å². The third kappa shape index (κ3) is 2.47. The summed E-state index contributed by atoms with van der Waals surface area (Å²) in [5, 5.41) is 0. The van der Waals surface area contributed by atoms with E-state index < -0.39 is 0 Å². The lowest BCUT2D eigenvalue weighted by Crippen LogP contribution is -2.19. The molecule has 1 aliphatic carbocycles. The molecule has 2 unspecified atom stereocenters. The van der Waals surface area contributed by atoms with Crippen molar-refractivity contribution in [3.8, 4) is 0 Å². The molecule has 80 valence electrons. The Morgan fingerprint density at radius 1 is 1.50 bits per heavy atom. The van der Waals surface area contributed by atoms with E-state index >= 15 is 0 Å². The number of fused-ring (bicyclic) bond motifs is 1. The normalized spacial score (nSPS) is 33.9. The van der Waals surface area contributed by atoms with Gasteiger partial charge in [-0.25, -0.2) is 0 Å². The highest BCUT2D eigenvalue weighted by Gasteiger charge is 2.47. The highest BCUT2D eigenvalue weighted by molar-refractivity contribution is 5.69. The zero-order valence-corrected chi connectivity index (χ0v) is 8.70. The number of carbonyl (C=O) groups is 1.